The molecule has 0 N–H and O–H groups in total. The molecule has 0 fully saturated rings. The maximum absolute atomic E-state index is 12.6. The van der Waals surface area contributed by atoms with Crippen LogP contribution in [0.4, 0.5) is 0 Å². The quantitative estimate of drug-likeness (QED) is 0.507. The first-order chi connectivity index (χ1) is 16.1. The normalized spacial score (nSPS) is 14.7. The van der Waals surface area contributed by atoms with E-state index in [-0.39, 0.29) is 17.2 Å². The van der Waals surface area contributed by atoms with Crippen molar-refractivity contribution < 1.29 is 18.9 Å². The molecule has 0 heterocycles. The monoisotopic (exact) mass is 445 g/mol. The van der Waals surface area contributed by atoms with Crippen LogP contribution in [0.2, 0.25) is 0 Å². The van der Waals surface area contributed by atoms with E-state index >= 15 is 0 Å². The minimum absolute atomic E-state index is 0.185. The second-order valence-corrected chi connectivity index (χ2v) is 7.70. The van der Waals surface area contributed by atoms with E-state index in [1.807, 2.05) is 48.7 Å². The van der Waals surface area contributed by atoms with E-state index in [1.165, 1.54) is 13.2 Å². The summed E-state index contributed by atoms with van der Waals surface area (Å²) in [5.74, 6) is 1.96. The average Bonchev–Trinajstić information content (AvgIpc) is 3.10. The summed E-state index contributed by atoms with van der Waals surface area (Å²) in [5.41, 5.74) is 4.48. The topological polar surface area (TPSA) is 66.4 Å². The minimum atomic E-state index is -0.197. The number of hydrogen-bond donors (Lipinski definition) is 0. The highest BCUT2D eigenvalue weighted by molar-refractivity contribution is 5.84. The van der Waals surface area contributed by atoms with Crippen LogP contribution in [0.15, 0.2) is 64.4 Å². The van der Waals surface area contributed by atoms with Gasteiger partial charge in [-0.25, -0.2) is 0 Å². The van der Waals surface area contributed by atoms with E-state index in [2.05, 4.69) is 0 Å². The predicted molar refractivity (Wildman–Crippen MR) is 129 cm³/mol. The van der Waals surface area contributed by atoms with Crippen molar-refractivity contribution in [3.8, 4) is 34.1 Å². The van der Waals surface area contributed by atoms with Gasteiger partial charge in [-0.15, -0.1) is 0 Å². The Hall–Kier alpha value is -3.80. The largest absolute Gasteiger partial charge is 0.493 e. The fraction of sp³-hybridized carbons (Fsp3) is 0.259. The van der Waals surface area contributed by atoms with Crippen LogP contribution < -0.4 is 24.4 Å². The van der Waals surface area contributed by atoms with Gasteiger partial charge in [0, 0.05) is 11.8 Å². The molecule has 0 spiro atoms. The lowest BCUT2D eigenvalue weighted by molar-refractivity contribution is 0.324. The van der Waals surface area contributed by atoms with Crippen LogP contribution in [-0.4, -0.2) is 34.7 Å². The fourth-order valence-electron chi connectivity index (χ4n) is 4.31. The van der Waals surface area contributed by atoms with Crippen LogP contribution in [0, 0.1) is 0 Å². The molecule has 1 aliphatic rings. The number of fused-ring (bicyclic) bond motifs is 3. The van der Waals surface area contributed by atoms with Gasteiger partial charge >= 0.3 is 0 Å². The Morgan fingerprint density at radius 3 is 2.24 bits per heavy atom. The molecule has 1 aliphatic carbocycles. The van der Waals surface area contributed by atoms with Crippen LogP contribution in [0.3, 0.4) is 0 Å². The molecular weight excluding hydrogens is 418 g/mol. The number of methoxy groups -OCH3 is 4. The summed E-state index contributed by atoms with van der Waals surface area (Å²) < 4.78 is 22.4. The molecule has 4 rings (SSSR count). The lowest BCUT2D eigenvalue weighted by Gasteiger charge is -2.19. The number of hydrogen-bond acceptors (Lipinski definition) is 6. The van der Waals surface area contributed by atoms with Crippen molar-refractivity contribution >= 4 is 6.21 Å². The maximum Gasteiger partial charge on any atom is 0.220 e. The summed E-state index contributed by atoms with van der Waals surface area (Å²) in [6.07, 6.45) is 3.36. The van der Waals surface area contributed by atoms with E-state index in [0.717, 1.165) is 40.7 Å². The van der Waals surface area contributed by atoms with Gasteiger partial charge in [-0.1, -0.05) is 30.3 Å². The van der Waals surface area contributed by atoms with Gasteiger partial charge in [-0.05, 0) is 59.4 Å². The second kappa shape index (κ2) is 9.77. The minimum Gasteiger partial charge on any atom is -0.493 e. The van der Waals surface area contributed by atoms with E-state index in [4.69, 9.17) is 23.9 Å². The molecule has 0 saturated carbocycles. The first-order valence-corrected chi connectivity index (χ1v) is 10.7. The molecular formula is C27H27NO5. The number of nitrogens with zero attached hydrogens (tertiary/aromatic N) is 1. The SMILES string of the molecule is COc1cc2c(c(OC)c1OC)-c1ccc(=O)c(OC)cc1C(N=Cc1ccccc1)CC2. The summed E-state index contributed by atoms with van der Waals surface area (Å²) in [4.78, 5) is 17.6. The smallest absolute Gasteiger partial charge is 0.220 e. The molecule has 3 aromatic rings. The van der Waals surface area contributed by atoms with Gasteiger partial charge in [0.2, 0.25) is 11.2 Å². The molecule has 0 radical (unpaired) electrons. The van der Waals surface area contributed by atoms with Gasteiger partial charge in [0.1, 0.15) is 0 Å². The highest BCUT2D eigenvalue weighted by Crippen LogP contribution is 2.50. The molecule has 0 aliphatic heterocycles. The van der Waals surface area contributed by atoms with Gasteiger partial charge in [0.25, 0.3) is 0 Å². The van der Waals surface area contributed by atoms with Gasteiger partial charge in [0.15, 0.2) is 17.2 Å². The van der Waals surface area contributed by atoms with Crippen LogP contribution in [0.5, 0.6) is 23.0 Å². The van der Waals surface area contributed by atoms with Gasteiger partial charge in [-0.3, -0.25) is 9.79 Å². The van der Waals surface area contributed by atoms with Gasteiger partial charge in [-0.2, -0.15) is 0 Å². The third-order valence-electron chi connectivity index (χ3n) is 5.89. The molecule has 33 heavy (non-hydrogen) atoms. The predicted octanol–water partition coefficient (Wildman–Crippen LogP) is 4.85. The molecule has 0 saturated heterocycles. The molecule has 0 aromatic heterocycles. The zero-order valence-corrected chi connectivity index (χ0v) is 19.3. The third kappa shape index (κ3) is 4.29. The Bertz CT molecular complexity index is 1240. The molecule has 3 aromatic carbocycles. The van der Waals surface area contributed by atoms with Crippen molar-refractivity contribution in [1.82, 2.24) is 0 Å². The zero-order valence-electron chi connectivity index (χ0n) is 19.3. The Kier molecular flexibility index (Phi) is 6.63. The molecule has 0 amide bonds. The Morgan fingerprint density at radius 2 is 1.58 bits per heavy atom. The average molecular weight is 446 g/mol. The summed E-state index contributed by atoms with van der Waals surface area (Å²) in [6.45, 7) is 0. The highest BCUT2D eigenvalue weighted by atomic mass is 16.5. The molecule has 0 bridgehead atoms. The summed E-state index contributed by atoms with van der Waals surface area (Å²) in [7, 11) is 6.30. The third-order valence-corrected chi connectivity index (χ3v) is 5.89. The van der Waals surface area contributed by atoms with E-state index in [1.54, 1.807) is 27.4 Å². The number of benzene rings is 2. The first kappa shape index (κ1) is 22.4. The Balaban J connectivity index is 1.99. The number of rotatable bonds is 6. The zero-order chi connectivity index (χ0) is 23.4. The maximum atomic E-state index is 12.6. The van der Waals surface area contributed by atoms with E-state index in [9.17, 15) is 4.79 Å². The van der Waals surface area contributed by atoms with Crippen molar-refractivity contribution in [3.05, 3.63) is 81.5 Å². The molecule has 1 atom stereocenters. The van der Waals surface area contributed by atoms with Crippen molar-refractivity contribution in [2.45, 2.75) is 18.9 Å². The number of aliphatic imine (C=N–C) groups is 1. The molecule has 1 unspecified atom stereocenters. The van der Waals surface area contributed by atoms with Crippen molar-refractivity contribution in [2.24, 2.45) is 4.99 Å². The number of ether oxygens (including phenoxy) is 4. The van der Waals surface area contributed by atoms with Gasteiger partial charge < -0.3 is 18.9 Å². The second-order valence-electron chi connectivity index (χ2n) is 7.70. The van der Waals surface area contributed by atoms with Crippen molar-refractivity contribution in [1.29, 1.82) is 0 Å². The standard InChI is InChI=1S/C27H27NO5/c1-30-23-15-20-19(11-13-22(23)29)25-18(14-24(31-2)26(32-3)27(25)33-4)10-12-21(20)28-16-17-8-6-5-7-9-17/h5-9,11,13-16,21H,10,12H2,1-4H3. The summed E-state index contributed by atoms with van der Waals surface area (Å²) >= 11 is 0. The molecule has 170 valence electrons. The first-order valence-electron chi connectivity index (χ1n) is 10.7. The lowest BCUT2D eigenvalue weighted by Crippen LogP contribution is -2.01. The van der Waals surface area contributed by atoms with Crippen LogP contribution in [0.25, 0.3) is 11.1 Å². The van der Waals surface area contributed by atoms with Crippen molar-refractivity contribution in [3.63, 3.8) is 0 Å². The van der Waals surface area contributed by atoms with Crippen LogP contribution >= 0.6 is 0 Å². The highest BCUT2D eigenvalue weighted by Gasteiger charge is 2.28. The Morgan fingerprint density at radius 1 is 0.848 bits per heavy atom. The van der Waals surface area contributed by atoms with Gasteiger partial charge in [0.05, 0.1) is 34.5 Å². The summed E-state index contributed by atoms with van der Waals surface area (Å²) in [5, 5.41) is 0. The Labute approximate surface area is 193 Å². The van der Waals surface area contributed by atoms with E-state index in [0.29, 0.717) is 17.2 Å². The van der Waals surface area contributed by atoms with Crippen LogP contribution in [0.1, 0.15) is 29.2 Å². The molecule has 6 heteroatoms. The fourth-order valence-corrected chi connectivity index (χ4v) is 4.31. The van der Waals surface area contributed by atoms with Crippen LogP contribution in [-0.2, 0) is 6.42 Å². The van der Waals surface area contributed by atoms with Crippen molar-refractivity contribution in [2.75, 3.05) is 28.4 Å². The van der Waals surface area contributed by atoms with E-state index < -0.39 is 0 Å². The number of aryl methyl sites for hydroxylation is 1. The lowest BCUT2D eigenvalue weighted by atomic mass is 9.95. The summed E-state index contributed by atoms with van der Waals surface area (Å²) in [6, 6.07) is 16.9. The molecule has 6 nitrogen and oxygen atoms in total.